The summed E-state index contributed by atoms with van der Waals surface area (Å²) < 4.78 is 28.7. The van der Waals surface area contributed by atoms with Gasteiger partial charge in [-0.15, -0.1) is 0 Å². The van der Waals surface area contributed by atoms with E-state index in [4.69, 9.17) is 4.74 Å². The van der Waals surface area contributed by atoms with Gasteiger partial charge in [-0.1, -0.05) is 26.2 Å². The Labute approximate surface area is 152 Å². The maximum Gasteiger partial charge on any atom is 0.191 e. The highest BCUT2D eigenvalue weighted by molar-refractivity contribution is 7.91. The van der Waals surface area contributed by atoms with Crippen molar-refractivity contribution < 1.29 is 13.2 Å². The van der Waals surface area contributed by atoms with Gasteiger partial charge in [0.1, 0.15) is 0 Å². The van der Waals surface area contributed by atoms with E-state index in [-0.39, 0.29) is 17.0 Å². The number of hydrogen-bond donors (Lipinski definition) is 2. The molecule has 25 heavy (non-hydrogen) atoms. The van der Waals surface area contributed by atoms with Gasteiger partial charge >= 0.3 is 0 Å². The number of ether oxygens (including phenoxy) is 1. The van der Waals surface area contributed by atoms with Crippen molar-refractivity contribution in [2.45, 2.75) is 44.6 Å². The molecule has 0 amide bonds. The normalized spacial score (nSPS) is 22.6. The first-order valence-corrected chi connectivity index (χ1v) is 11.3. The van der Waals surface area contributed by atoms with Gasteiger partial charge in [0.2, 0.25) is 0 Å². The lowest BCUT2D eigenvalue weighted by atomic mass is 9.80. The second-order valence-electron chi connectivity index (χ2n) is 6.97. The Morgan fingerprint density at radius 2 is 1.84 bits per heavy atom. The van der Waals surface area contributed by atoms with Crippen LogP contribution in [0.3, 0.4) is 0 Å². The average molecular weight is 375 g/mol. The molecule has 1 aliphatic carbocycles. The lowest BCUT2D eigenvalue weighted by molar-refractivity contribution is -0.0352. The summed E-state index contributed by atoms with van der Waals surface area (Å²) in [4.78, 5) is 6.83. The molecule has 1 saturated carbocycles. The first kappa shape index (κ1) is 20.5. The molecule has 2 fully saturated rings. The van der Waals surface area contributed by atoms with Crippen LogP contribution >= 0.6 is 0 Å². The Bertz CT molecular complexity index is 524. The smallest absolute Gasteiger partial charge is 0.191 e. The van der Waals surface area contributed by atoms with Crippen LogP contribution in [-0.4, -0.2) is 82.8 Å². The second-order valence-corrected chi connectivity index (χ2v) is 9.45. The molecule has 8 heteroatoms. The van der Waals surface area contributed by atoms with Crippen molar-refractivity contribution in [3.8, 4) is 0 Å². The molecule has 2 aliphatic rings. The highest BCUT2D eigenvalue weighted by Crippen LogP contribution is 2.33. The summed E-state index contributed by atoms with van der Waals surface area (Å²) in [7, 11) is -1.23. The van der Waals surface area contributed by atoms with Crippen LogP contribution in [0.1, 0.15) is 39.0 Å². The number of guanidine groups is 1. The van der Waals surface area contributed by atoms with Gasteiger partial charge in [-0.25, -0.2) is 8.42 Å². The molecular formula is C17H34N4O3S. The van der Waals surface area contributed by atoms with E-state index in [9.17, 15) is 8.42 Å². The largest absolute Gasteiger partial charge is 0.379 e. The molecule has 0 atom stereocenters. The van der Waals surface area contributed by atoms with Crippen molar-refractivity contribution in [2.24, 2.45) is 4.99 Å². The first-order valence-electron chi connectivity index (χ1n) is 9.49. The lowest BCUT2D eigenvalue weighted by Crippen LogP contribution is -2.60. The molecule has 0 radical (unpaired) electrons. The van der Waals surface area contributed by atoms with Crippen LogP contribution in [0.15, 0.2) is 4.99 Å². The van der Waals surface area contributed by atoms with Crippen LogP contribution in [-0.2, 0) is 14.6 Å². The molecular weight excluding hydrogens is 340 g/mol. The summed E-state index contributed by atoms with van der Waals surface area (Å²) in [6, 6.07) is 0. The molecule has 0 aromatic carbocycles. The first-order chi connectivity index (χ1) is 12.0. The van der Waals surface area contributed by atoms with Crippen molar-refractivity contribution in [1.82, 2.24) is 15.5 Å². The van der Waals surface area contributed by atoms with Crippen LogP contribution in [0.25, 0.3) is 0 Å². The van der Waals surface area contributed by atoms with Crippen LogP contribution in [0.2, 0.25) is 0 Å². The standard InChI is InChI=1S/C17H34N4O3S/c1-3-25(22,23)14-9-19-16(18-2)20-15-17(7-5-4-6-8-17)21-10-12-24-13-11-21/h3-15H2,1-2H3,(H2,18,19,20). The summed E-state index contributed by atoms with van der Waals surface area (Å²) in [5.74, 6) is 1.00. The fraction of sp³-hybridized carbons (Fsp3) is 0.941. The van der Waals surface area contributed by atoms with Gasteiger partial charge in [-0.3, -0.25) is 9.89 Å². The third kappa shape index (κ3) is 6.11. The molecule has 0 spiro atoms. The minimum Gasteiger partial charge on any atom is -0.379 e. The van der Waals surface area contributed by atoms with Crippen molar-refractivity contribution in [3.63, 3.8) is 0 Å². The monoisotopic (exact) mass is 374 g/mol. The third-order valence-corrected chi connectivity index (χ3v) is 7.13. The van der Waals surface area contributed by atoms with Gasteiger partial charge < -0.3 is 15.4 Å². The molecule has 1 heterocycles. The topological polar surface area (TPSA) is 83.0 Å². The van der Waals surface area contributed by atoms with Crippen LogP contribution in [0.5, 0.6) is 0 Å². The number of aliphatic imine (C=N–C) groups is 1. The third-order valence-electron chi connectivity index (χ3n) is 5.42. The van der Waals surface area contributed by atoms with Crippen molar-refractivity contribution in [1.29, 1.82) is 0 Å². The molecule has 1 saturated heterocycles. The maximum absolute atomic E-state index is 11.6. The zero-order chi connectivity index (χ0) is 18.2. The van der Waals surface area contributed by atoms with Crippen molar-refractivity contribution in [3.05, 3.63) is 0 Å². The molecule has 7 nitrogen and oxygen atoms in total. The summed E-state index contributed by atoms with van der Waals surface area (Å²) in [5.41, 5.74) is 0.162. The number of rotatable bonds is 7. The maximum atomic E-state index is 11.6. The fourth-order valence-electron chi connectivity index (χ4n) is 3.79. The Balaban J connectivity index is 1.89. The van der Waals surface area contributed by atoms with Crippen molar-refractivity contribution >= 4 is 15.8 Å². The molecule has 146 valence electrons. The van der Waals surface area contributed by atoms with E-state index in [1.54, 1.807) is 14.0 Å². The molecule has 1 aliphatic heterocycles. The minimum atomic E-state index is -2.96. The summed E-state index contributed by atoms with van der Waals surface area (Å²) in [6.07, 6.45) is 6.23. The van der Waals surface area contributed by atoms with E-state index in [1.807, 2.05) is 0 Å². The van der Waals surface area contributed by atoms with Gasteiger partial charge in [-0.05, 0) is 12.8 Å². The van der Waals surface area contributed by atoms with E-state index in [0.717, 1.165) is 32.8 Å². The Kier molecular flexibility index (Phi) is 7.96. The number of nitrogens with zero attached hydrogens (tertiary/aromatic N) is 2. The number of nitrogens with one attached hydrogen (secondary N) is 2. The van der Waals surface area contributed by atoms with Gasteiger partial charge in [0.15, 0.2) is 15.8 Å². The fourth-order valence-corrected chi connectivity index (χ4v) is 4.49. The SMILES string of the molecule is CCS(=O)(=O)CCNC(=NC)NCC1(N2CCOCC2)CCCCC1. The number of sulfone groups is 1. The van der Waals surface area contributed by atoms with Gasteiger partial charge in [-0.2, -0.15) is 0 Å². The molecule has 0 aromatic heterocycles. The van der Waals surface area contributed by atoms with Gasteiger partial charge in [0, 0.05) is 44.5 Å². The molecule has 0 unspecified atom stereocenters. The van der Waals surface area contributed by atoms with E-state index >= 15 is 0 Å². The Hall–Kier alpha value is -0.860. The van der Waals surface area contributed by atoms with Gasteiger partial charge in [0.05, 0.1) is 19.0 Å². The Morgan fingerprint density at radius 1 is 1.16 bits per heavy atom. The lowest BCUT2D eigenvalue weighted by Gasteiger charge is -2.48. The quantitative estimate of drug-likeness (QED) is 0.502. The minimum absolute atomic E-state index is 0.138. The average Bonchev–Trinajstić information content (AvgIpc) is 2.66. The number of morpholine rings is 1. The second kappa shape index (κ2) is 9.73. The Morgan fingerprint density at radius 3 is 2.44 bits per heavy atom. The van der Waals surface area contributed by atoms with E-state index in [1.165, 1.54) is 32.1 Å². The summed E-state index contributed by atoms with van der Waals surface area (Å²) in [5, 5.41) is 6.58. The van der Waals surface area contributed by atoms with Crippen LogP contribution in [0.4, 0.5) is 0 Å². The van der Waals surface area contributed by atoms with E-state index in [0.29, 0.717) is 12.5 Å². The highest BCUT2D eigenvalue weighted by Gasteiger charge is 2.38. The molecule has 2 N–H and O–H groups in total. The van der Waals surface area contributed by atoms with E-state index in [2.05, 4.69) is 20.5 Å². The predicted octanol–water partition coefficient (Wildman–Crippen LogP) is 0.621. The summed E-state index contributed by atoms with van der Waals surface area (Å²) in [6.45, 7) is 6.50. The van der Waals surface area contributed by atoms with Crippen LogP contribution < -0.4 is 10.6 Å². The van der Waals surface area contributed by atoms with E-state index < -0.39 is 9.84 Å². The predicted molar refractivity (Wildman–Crippen MR) is 102 cm³/mol. The highest BCUT2D eigenvalue weighted by atomic mass is 32.2. The molecule has 0 bridgehead atoms. The van der Waals surface area contributed by atoms with Crippen molar-refractivity contribution in [2.75, 3.05) is 57.9 Å². The zero-order valence-corrected chi connectivity index (χ0v) is 16.5. The zero-order valence-electron chi connectivity index (χ0n) is 15.7. The summed E-state index contributed by atoms with van der Waals surface area (Å²) >= 11 is 0. The molecule has 2 rings (SSSR count). The van der Waals surface area contributed by atoms with Crippen LogP contribution in [0, 0.1) is 0 Å². The number of hydrogen-bond acceptors (Lipinski definition) is 5. The van der Waals surface area contributed by atoms with Gasteiger partial charge in [0.25, 0.3) is 0 Å². The molecule has 0 aromatic rings.